The molecule has 0 bridgehead atoms. The lowest BCUT2D eigenvalue weighted by atomic mass is 9.94. The van der Waals surface area contributed by atoms with Gasteiger partial charge in [0.05, 0.1) is 38.5 Å². The van der Waals surface area contributed by atoms with Gasteiger partial charge in [-0.2, -0.15) is 0 Å². The zero-order valence-electron chi connectivity index (χ0n) is 27.0. The van der Waals surface area contributed by atoms with Gasteiger partial charge in [0.15, 0.2) is 11.5 Å². The molecule has 3 aromatic carbocycles. The molecule has 2 saturated heterocycles. The van der Waals surface area contributed by atoms with E-state index in [4.69, 9.17) is 18.9 Å². The number of aliphatic hydroxyl groups excluding tert-OH is 1. The molecule has 1 N–H and O–H groups in total. The summed E-state index contributed by atoms with van der Waals surface area (Å²) in [6.45, 7) is 9.12. The highest BCUT2D eigenvalue weighted by atomic mass is 16.5. The van der Waals surface area contributed by atoms with E-state index in [0.717, 1.165) is 49.4 Å². The van der Waals surface area contributed by atoms with Crippen LogP contribution in [0.1, 0.15) is 54.5 Å². The second kappa shape index (κ2) is 15.8. The molecule has 0 radical (unpaired) electrons. The Hall–Kier alpha value is -4.34. The van der Waals surface area contributed by atoms with Crippen molar-refractivity contribution in [1.82, 2.24) is 9.80 Å². The Morgan fingerprint density at radius 2 is 1.67 bits per heavy atom. The van der Waals surface area contributed by atoms with Gasteiger partial charge in [-0.15, -0.1) is 0 Å². The molecule has 2 heterocycles. The third-order valence-electron chi connectivity index (χ3n) is 8.46. The van der Waals surface area contributed by atoms with Crippen LogP contribution in [0.5, 0.6) is 17.2 Å². The number of rotatable bonds is 14. The molecule has 9 heteroatoms. The minimum atomic E-state index is -0.803. The highest BCUT2D eigenvalue weighted by Crippen LogP contribution is 2.42. The number of nitrogens with zero attached hydrogens (tertiary/aromatic N) is 2. The SMILES string of the molecule is CCCCOc1ccc(/C(O)=C2\C(=O)C(=O)N(CCCN3CCOCC3)C2c2ccc(OCc3ccccc3)c(OC)c2)cc1C. The van der Waals surface area contributed by atoms with E-state index in [1.807, 2.05) is 43.3 Å². The summed E-state index contributed by atoms with van der Waals surface area (Å²) in [4.78, 5) is 31.1. The van der Waals surface area contributed by atoms with Gasteiger partial charge in [-0.05, 0) is 66.8 Å². The van der Waals surface area contributed by atoms with Gasteiger partial charge in [0, 0.05) is 31.7 Å². The first-order valence-electron chi connectivity index (χ1n) is 16.1. The van der Waals surface area contributed by atoms with Crippen molar-refractivity contribution >= 4 is 17.4 Å². The maximum Gasteiger partial charge on any atom is 0.295 e. The molecule has 244 valence electrons. The highest BCUT2D eigenvalue weighted by molar-refractivity contribution is 6.46. The zero-order valence-corrected chi connectivity index (χ0v) is 27.0. The molecule has 5 rings (SSSR count). The normalized spacial score (nSPS) is 18.2. The van der Waals surface area contributed by atoms with Gasteiger partial charge in [-0.25, -0.2) is 0 Å². The molecule has 0 spiro atoms. The summed E-state index contributed by atoms with van der Waals surface area (Å²) < 4.78 is 23.1. The number of carbonyl (C=O) groups is 2. The van der Waals surface area contributed by atoms with Crippen molar-refractivity contribution in [1.29, 1.82) is 0 Å². The zero-order chi connectivity index (χ0) is 32.5. The van der Waals surface area contributed by atoms with E-state index in [0.29, 0.717) is 62.0 Å². The van der Waals surface area contributed by atoms with E-state index in [1.165, 1.54) is 0 Å². The topological polar surface area (TPSA) is 97.8 Å². The number of ether oxygens (including phenoxy) is 4. The van der Waals surface area contributed by atoms with E-state index < -0.39 is 17.7 Å². The fourth-order valence-electron chi connectivity index (χ4n) is 5.90. The summed E-state index contributed by atoms with van der Waals surface area (Å²) in [7, 11) is 1.56. The van der Waals surface area contributed by atoms with Crippen LogP contribution in [0.15, 0.2) is 72.3 Å². The molecular weight excluding hydrogens is 584 g/mol. The quantitative estimate of drug-likeness (QED) is 0.102. The molecule has 9 nitrogen and oxygen atoms in total. The Morgan fingerprint density at radius 3 is 2.39 bits per heavy atom. The monoisotopic (exact) mass is 628 g/mol. The highest BCUT2D eigenvalue weighted by Gasteiger charge is 2.46. The summed E-state index contributed by atoms with van der Waals surface area (Å²) in [5.41, 5.74) is 2.99. The number of hydrogen-bond donors (Lipinski definition) is 1. The van der Waals surface area contributed by atoms with Crippen LogP contribution in [0.2, 0.25) is 0 Å². The lowest BCUT2D eigenvalue weighted by molar-refractivity contribution is -0.140. The van der Waals surface area contributed by atoms with Crippen LogP contribution in [-0.4, -0.2) is 79.7 Å². The maximum absolute atomic E-state index is 13.7. The molecule has 1 atom stereocenters. The number of morpholine rings is 1. The third-order valence-corrected chi connectivity index (χ3v) is 8.46. The molecule has 1 unspecified atom stereocenters. The largest absolute Gasteiger partial charge is 0.507 e. The van der Waals surface area contributed by atoms with Gasteiger partial charge >= 0.3 is 0 Å². The Bertz CT molecular complexity index is 1530. The van der Waals surface area contributed by atoms with Gasteiger partial charge < -0.3 is 29.0 Å². The number of Topliss-reactive ketones (excluding diaryl/α,β-unsaturated/α-hetero) is 1. The number of likely N-dealkylation sites (tertiary alicyclic amines) is 1. The van der Waals surface area contributed by atoms with Gasteiger partial charge in [-0.1, -0.05) is 49.7 Å². The van der Waals surface area contributed by atoms with Crippen LogP contribution in [-0.2, 0) is 20.9 Å². The van der Waals surface area contributed by atoms with Crippen molar-refractivity contribution in [2.75, 3.05) is 53.1 Å². The molecule has 2 fully saturated rings. The van der Waals surface area contributed by atoms with Crippen LogP contribution < -0.4 is 14.2 Å². The number of methoxy groups -OCH3 is 1. The standard InChI is InChI=1S/C37H44N2O7/c1-4-5-20-45-30-14-13-29(23-26(30)2)35(40)33-34(39(37(42)36(33)41)17-9-16-38-18-21-44-22-19-38)28-12-15-31(32(24-28)43-3)46-25-27-10-7-6-8-11-27/h6-8,10-15,23-24,34,40H,4-5,9,16-22,25H2,1-3H3/b35-33+. The van der Waals surface area contributed by atoms with Crippen LogP contribution >= 0.6 is 0 Å². The van der Waals surface area contributed by atoms with Crippen molar-refractivity contribution in [3.05, 3.63) is 94.6 Å². The molecule has 0 aromatic heterocycles. The number of carbonyl (C=O) groups excluding carboxylic acids is 2. The molecule has 46 heavy (non-hydrogen) atoms. The second-order valence-electron chi connectivity index (χ2n) is 11.7. The average Bonchev–Trinajstić information content (AvgIpc) is 3.33. The average molecular weight is 629 g/mol. The maximum atomic E-state index is 13.7. The molecule has 0 aliphatic carbocycles. The number of aliphatic hydroxyl groups is 1. The van der Waals surface area contributed by atoms with E-state index >= 15 is 0 Å². The van der Waals surface area contributed by atoms with E-state index in [1.54, 1.807) is 42.3 Å². The van der Waals surface area contributed by atoms with Gasteiger partial charge in [0.25, 0.3) is 11.7 Å². The molecule has 1 amide bonds. The van der Waals surface area contributed by atoms with E-state index in [2.05, 4.69) is 11.8 Å². The summed E-state index contributed by atoms with van der Waals surface area (Å²) in [6, 6.07) is 19.8. The van der Waals surface area contributed by atoms with Gasteiger partial charge in [0.2, 0.25) is 0 Å². The van der Waals surface area contributed by atoms with Crippen LogP contribution in [0.25, 0.3) is 5.76 Å². The molecule has 0 saturated carbocycles. The second-order valence-corrected chi connectivity index (χ2v) is 11.7. The van der Waals surface area contributed by atoms with Gasteiger partial charge in [-0.3, -0.25) is 14.5 Å². The Kier molecular flexibility index (Phi) is 11.3. The predicted molar refractivity (Wildman–Crippen MR) is 176 cm³/mol. The first-order valence-corrected chi connectivity index (χ1v) is 16.1. The summed E-state index contributed by atoms with van der Waals surface area (Å²) in [5, 5.41) is 11.7. The van der Waals surface area contributed by atoms with E-state index in [-0.39, 0.29) is 11.3 Å². The van der Waals surface area contributed by atoms with Crippen molar-refractivity contribution in [2.24, 2.45) is 0 Å². The Morgan fingerprint density at radius 1 is 0.913 bits per heavy atom. The predicted octanol–water partition coefficient (Wildman–Crippen LogP) is 5.91. The fraction of sp³-hybridized carbons (Fsp3) is 0.405. The van der Waals surface area contributed by atoms with Crippen LogP contribution in [0.4, 0.5) is 0 Å². The number of unbranched alkanes of at least 4 members (excludes halogenated alkanes) is 1. The third kappa shape index (κ3) is 7.71. The smallest absolute Gasteiger partial charge is 0.295 e. The summed E-state index contributed by atoms with van der Waals surface area (Å²) in [6.07, 6.45) is 2.63. The lowest BCUT2D eigenvalue weighted by Crippen LogP contribution is -2.39. The first kappa shape index (κ1) is 33.0. The Labute approximate surface area is 271 Å². The minimum Gasteiger partial charge on any atom is -0.507 e. The van der Waals surface area contributed by atoms with Crippen molar-refractivity contribution < 1.29 is 33.6 Å². The molecular formula is C37H44N2O7. The first-order chi connectivity index (χ1) is 22.4. The molecule has 3 aromatic rings. The van der Waals surface area contributed by atoms with Crippen molar-refractivity contribution in [2.45, 2.75) is 45.8 Å². The number of ketones is 1. The summed E-state index contributed by atoms with van der Waals surface area (Å²) in [5.74, 6) is 0.170. The van der Waals surface area contributed by atoms with Crippen LogP contribution in [0, 0.1) is 6.92 Å². The lowest BCUT2D eigenvalue weighted by Gasteiger charge is -2.29. The number of benzene rings is 3. The number of aryl methyl sites for hydroxylation is 1. The van der Waals surface area contributed by atoms with Gasteiger partial charge in [0.1, 0.15) is 18.1 Å². The minimum absolute atomic E-state index is 0.0513. The molecule has 2 aliphatic heterocycles. The Balaban J connectivity index is 1.47. The van der Waals surface area contributed by atoms with E-state index in [9.17, 15) is 14.7 Å². The fourth-order valence-corrected chi connectivity index (χ4v) is 5.90. The number of amides is 1. The van der Waals surface area contributed by atoms with Crippen LogP contribution in [0.3, 0.4) is 0 Å². The van der Waals surface area contributed by atoms with Crippen molar-refractivity contribution in [3.8, 4) is 17.2 Å². The van der Waals surface area contributed by atoms with Crippen molar-refractivity contribution in [3.63, 3.8) is 0 Å². The summed E-state index contributed by atoms with van der Waals surface area (Å²) >= 11 is 0. The molecule has 2 aliphatic rings. The number of hydrogen-bond acceptors (Lipinski definition) is 8.